The number of rotatable bonds is 3. The first-order chi connectivity index (χ1) is 5.85. The second-order valence-corrected chi connectivity index (χ2v) is 4.95. The smallest absolute Gasteiger partial charge is 0.0799 e. The Morgan fingerprint density at radius 2 is 2.08 bits per heavy atom. The molecule has 0 aromatic carbocycles. The van der Waals surface area contributed by atoms with Gasteiger partial charge in [0.1, 0.15) is 0 Å². The third kappa shape index (κ3) is 2.98. The maximum absolute atomic E-state index is 9.48. The monoisotopic (exact) mass is 182 g/mol. The van der Waals surface area contributed by atoms with Gasteiger partial charge in [-0.25, -0.2) is 0 Å². The van der Waals surface area contributed by atoms with Crippen LogP contribution in [0.5, 0.6) is 0 Å². The molecule has 0 bridgehead atoms. The fourth-order valence-electron chi connectivity index (χ4n) is 1.60. The molecule has 1 heterocycles. The molecule has 1 N–H and O–H groups in total. The molecule has 1 aliphatic rings. The molecule has 0 aromatic heterocycles. The molecule has 1 aliphatic heterocycles. The van der Waals surface area contributed by atoms with E-state index in [1.54, 1.807) is 0 Å². The number of nitriles is 1. The number of nitrogens with zero attached hydrogens (tertiary/aromatic N) is 2. The van der Waals surface area contributed by atoms with Crippen molar-refractivity contribution >= 4 is 0 Å². The molecule has 3 nitrogen and oxygen atoms in total. The highest BCUT2D eigenvalue weighted by molar-refractivity contribution is 5.06. The van der Waals surface area contributed by atoms with Crippen molar-refractivity contribution in [3.63, 3.8) is 0 Å². The third-order valence-electron chi connectivity index (χ3n) is 2.45. The van der Waals surface area contributed by atoms with E-state index in [1.807, 2.05) is 20.8 Å². The summed E-state index contributed by atoms with van der Waals surface area (Å²) in [6, 6.07) is 2.30. The van der Waals surface area contributed by atoms with E-state index in [1.165, 1.54) is 0 Å². The molecule has 0 radical (unpaired) electrons. The number of aliphatic hydroxyl groups is 1. The highest BCUT2D eigenvalue weighted by Gasteiger charge is 2.38. The van der Waals surface area contributed by atoms with E-state index >= 15 is 0 Å². The van der Waals surface area contributed by atoms with Gasteiger partial charge in [-0.2, -0.15) is 5.26 Å². The Balaban J connectivity index is 2.20. The number of hydrogen-bond donors (Lipinski definition) is 1. The van der Waals surface area contributed by atoms with E-state index in [0.717, 1.165) is 26.1 Å². The molecule has 0 aliphatic carbocycles. The molecule has 0 unspecified atom stereocenters. The zero-order chi connectivity index (χ0) is 10.1. The van der Waals surface area contributed by atoms with Gasteiger partial charge in [0.2, 0.25) is 0 Å². The van der Waals surface area contributed by atoms with E-state index < -0.39 is 5.60 Å². The van der Waals surface area contributed by atoms with Gasteiger partial charge in [0.25, 0.3) is 0 Å². The maximum Gasteiger partial charge on any atom is 0.0799 e. The third-order valence-corrected chi connectivity index (χ3v) is 2.45. The van der Waals surface area contributed by atoms with E-state index in [-0.39, 0.29) is 5.41 Å². The molecular weight excluding hydrogens is 164 g/mol. The molecular formula is C10H18N2O. The summed E-state index contributed by atoms with van der Waals surface area (Å²) in [7, 11) is 0. The predicted octanol–water partition coefficient (Wildman–Crippen LogP) is 0.993. The lowest BCUT2D eigenvalue weighted by Gasteiger charge is -2.44. The molecule has 0 saturated carbocycles. The van der Waals surface area contributed by atoms with Gasteiger partial charge in [0, 0.05) is 19.6 Å². The van der Waals surface area contributed by atoms with Crippen LogP contribution in [0.4, 0.5) is 0 Å². The van der Waals surface area contributed by atoms with Gasteiger partial charge in [-0.05, 0) is 27.2 Å². The summed E-state index contributed by atoms with van der Waals surface area (Å²) in [5, 5.41) is 18.2. The predicted molar refractivity (Wildman–Crippen MR) is 51.1 cm³/mol. The molecule has 13 heavy (non-hydrogen) atoms. The van der Waals surface area contributed by atoms with Crippen LogP contribution < -0.4 is 0 Å². The van der Waals surface area contributed by atoms with E-state index in [4.69, 9.17) is 5.26 Å². The number of likely N-dealkylation sites (tertiary alicyclic amines) is 1. The lowest BCUT2D eigenvalue weighted by Crippen LogP contribution is -2.54. The first-order valence-corrected chi connectivity index (χ1v) is 4.71. The molecule has 0 aromatic rings. The van der Waals surface area contributed by atoms with Crippen LogP contribution in [0.1, 0.15) is 27.2 Å². The van der Waals surface area contributed by atoms with Crippen LogP contribution in [0.3, 0.4) is 0 Å². The Morgan fingerprint density at radius 3 is 2.46 bits per heavy atom. The Labute approximate surface area is 80.0 Å². The van der Waals surface area contributed by atoms with E-state index in [2.05, 4.69) is 11.0 Å². The lowest BCUT2D eigenvalue weighted by molar-refractivity contribution is 0.0152. The second kappa shape index (κ2) is 3.28. The van der Waals surface area contributed by atoms with Crippen LogP contribution in [0.2, 0.25) is 0 Å². The Hall–Kier alpha value is -0.590. The average molecular weight is 182 g/mol. The summed E-state index contributed by atoms with van der Waals surface area (Å²) >= 11 is 0. The molecule has 0 amide bonds. The fourth-order valence-corrected chi connectivity index (χ4v) is 1.60. The SMILES string of the molecule is CC(C)(O)CCN1CC(C)(C#N)C1. The topological polar surface area (TPSA) is 47.3 Å². The van der Waals surface area contributed by atoms with Crippen LogP contribution in [-0.4, -0.2) is 35.2 Å². The van der Waals surface area contributed by atoms with Gasteiger partial charge >= 0.3 is 0 Å². The number of hydrogen-bond acceptors (Lipinski definition) is 3. The van der Waals surface area contributed by atoms with E-state index in [9.17, 15) is 5.11 Å². The Kier molecular flexibility index (Phi) is 2.65. The van der Waals surface area contributed by atoms with Crippen LogP contribution in [-0.2, 0) is 0 Å². The highest BCUT2D eigenvalue weighted by Crippen LogP contribution is 2.29. The van der Waals surface area contributed by atoms with Crippen LogP contribution in [0.15, 0.2) is 0 Å². The lowest BCUT2D eigenvalue weighted by atomic mass is 9.83. The molecule has 74 valence electrons. The minimum atomic E-state index is -0.585. The molecule has 0 atom stereocenters. The summed E-state index contributed by atoms with van der Waals surface area (Å²) in [5.41, 5.74) is -0.724. The average Bonchev–Trinajstić information content (AvgIpc) is 1.94. The standard InChI is InChI=1S/C10H18N2O/c1-9(2,13)4-5-12-7-10(3,6-11)8-12/h13H,4-5,7-8H2,1-3H3. The summed E-state index contributed by atoms with van der Waals surface area (Å²) in [6.45, 7) is 8.19. The van der Waals surface area contributed by atoms with Gasteiger partial charge in [-0.3, -0.25) is 4.90 Å². The van der Waals surface area contributed by atoms with Crippen molar-refractivity contribution in [3.05, 3.63) is 0 Å². The first-order valence-electron chi connectivity index (χ1n) is 4.71. The minimum absolute atomic E-state index is 0.139. The van der Waals surface area contributed by atoms with Gasteiger partial charge in [0.05, 0.1) is 17.1 Å². The molecule has 3 heteroatoms. The first kappa shape index (κ1) is 10.5. The van der Waals surface area contributed by atoms with Gasteiger partial charge in [-0.15, -0.1) is 0 Å². The van der Waals surface area contributed by atoms with Gasteiger partial charge in [0.15, 0.2) is 0 Å². The molecule has 1 fully saturated rings. The second-order valence-electron chi connectivity index (χ2n) is 4.95. The van der Waals surface area contributed by atoms with Gasteiger partial charge in [-0.1, -0.05) is 0 Å². The summed E-state index contributed by atoms with van der Waals surface area (Å²) < 4.78 is 0. The van der Waals surface area contributed by atoms with Crippen molar-refractivity contribution in [2.24, 2.45) is 5.41 Å². The van der Waals surface area contributed by atoms with Gasteiger partial charge < -0.3 is 5.11 Å². The van der Waals surface area contributed by atoms with E-state index in [0.29, 0.717) is 0 Å². The fraction of sp³-hybridized carbons (Fsp3) is 0.900. The zero-order valence-corrected chi connectivity index (χ0v) is 8.67. The van der Waals surface area contributed by atoms with Crippen molar-refractivity contribution in [2.45, 2.75) is 32.8 Å². The van der Waals surface area contributed by atoms with Crippen molar-refractivity contribution < 1.29 is 5.11 Å². The molecule has 1 rings (SSSR count). The quantitative estimate of drug-likeness (QED) is 0.708. The largest absolute Gasteiger partial charge is 0.390 e. The normalized spacial score (nSPS) is 22.1. The summed E-state index contributed by atoms with van der Waals surface area (Å²) in [6.07, 6.45) is 0.772. The van der Waals surface area contributed by atoms with Crippen LogP contribution >= 0.6 is 0 Å². The van der Waals surface area contributed by atoms with Crippen molar-refractivity contribution in [3.8, 4) is 6.07 Å². The zero-order valence-electron chi connectivity index (χ0n) is 8.67. The van der Waals surface area contributed by atoms with Crippen LogP contribution in [0.25, 0.3) is 0 Å². The molecule has 1 saturated heterocycles. The van der Waals surface area contributed by atoms with Crippen molar-refractivity contribution in [1.82, 2.24) is 4.90 Å². The Bertz CT molecular complexity index is 218. The molecule has 0 spiro atoms. The minimum Gasteiger partial charge on any atom is -0.390 e. The van der Waals surface area contributed by atoms with Crippen LogP contribution in [0, 0.1) is 16.7 Å². The van der Waals surface area contributed by atoms with Crippen molar-refractivity contribution in [2.75, 3.05) is 19.6 Å². The van der Waals surface area contributed by atoms with Crippen molar-refractivity contribution in [1.29, 1.82) is 5.26 Å². The summed E-state index contributed by atoms with van der Waals surface area (Å²) in [4.78, 5) is 2.21. The maximum atomic E-state index is 9.48. The highest BCUT2D eigenvalue weighted by atomic mass is 16.3. The Morgan fingerprint density at radius 1 is 1.54 bits per heavy atom. The summed E-state index contributed by atoms with van der Waals surface area (Å²) in [5.74, 6) is 0.